The van der Waals surface area contributed by atoms with E-state index in [9.17, 15) is 4.79 Å². The van der Waals surface area contributed by atoms with E-state index in [1.807, 2.05) is 38.1 Å². The van der Waals surface area contributed by atoms with Crippen molar-refractivity contribution >= 4 is 22.5 Å². The van der Waals surface area contributed by atoms with Crippen molar-refractivity contribution in [2.75, 3.05) is 18.5 Å². The Morgan fingerprint density at radius 2 is 1.88 bits per heavy atom. The molecule has 1 amide bonds. The highest BCUT2D eigenvalue weighted by molar-refractivity contribution is 6.05. The molecule has 0 aliphatic heterocycles. The third-order valence-electron chi connectivity index (χ3n) is 4.27. The van der Waals surface area contributed by atoms with Crippen LogP contribution in [0.2, 0.25) is 0 Å². The minimum Gasteiger partial charge on any atom is -0.491 e. The second-order valence-electron chi connectivity index (χ2n) is 6.64. The number of nitrogens with zero attached hydrogens (tertiary/aromatic N) is 1. The Balaban J connectivity index is 2.31. The highest BCUT2D eigenvalue weighted by Crippen LogP contribution is 2.31. The molecule has 2 aromatic rings. The average Bonchev–Trinajstić information content (AvgIpc) is 2.66. The maximum Gasteiger partial charge on any atom is 0.256 e. The van der Waals surface area contributed by atoms with Crippen LogP contribution in [0.3, 0.4) is 0 Å². The summed E-state index contributed by atoms with van der Waals surface area (Å²) in [5.74, 6) is 0.610. The van der Waals surface area contributed by atoms with Gasteiger partial charge in [-0.25, -0.2) is 0 Å². The highest BCUT2D eigenvalue weighted by Gasteiger charge is 2.33. The van der Waals surface area contributed by atoms with Crippen LogP contribution < -0.4 is 10.1 Å². The standard InChI is InChI=1S/C21H30N2O3/c1-5-12-21(4,26-15-7-3)20(24)23-17-10-11-18(25-14-6-2)19-16(17)9-8-13-22-19/h8-11,13H,5-7,12,14-15H2,1-4H3,(H,23,24). The number of benzene rings is 1. The van der Waals surface area contributed by atoms with Crippen molar-refractivity contribution in [3.05, 3.63) is 30.5 Å². The SMILES string of the molecule is CCCOc1ccc(NC(=O)C(C)(CCC)OCCC)c2cccnc12. The van der Waals surface area contributed by atoms with Crippen LogP contribution in [0.1, 0.15) is 53.4 Å². The average molecular weight is 358 g/mol. The first-order valence-electron chi connectivity index (χ1n) is 9.51. The quantitative estimate of drug-likeness (QED) is 0.653. The number of aromatic nitrogens is 1. The first-order chi connectivity index (χ1) is 12.6. The summed E-state index contributed by atoms with van der Waals surface area (Å²) in [4.78, 5) is 17.4. The zero-order valence-electron chi connectivity index (χ0n) is 16.3. The van der Waals surface area contributed by atoms with Gasteiger partial charge in [0.2, 0.25) is 0 Å². The smallest absolute Gasteiger partial charge is 0.256 e. The van der Waals surface area contributed by atoms with E-state index in [-0.39, 0.29) is 5.91 Å². The van der Waals surface area contributed by atoms with E-state index in [0.717, 1.165) is 41.6 Å². The largest absolute Gasteiger partial charge is 0.491 e. The van der Waals surface area contributed by atoms with Gasteiger partial charge in [-0.15, -0.1) is 0 Å². The second kappa shape index (κ2) is 9.53. The molecular formula is C21H30N2O3. The molecule has 26 heavy (non-hydrogen) atoms. The number of amides is 1. The molecule has 1 unspecified atom stereocenters. The van der Waals surface area contributed by atoms with Crippen LogP contribution in [0.4, 0.5) is 5.69 Å². The molecule has 1 N–H and O–H groups in total. The van der Waals surface area contributed by atoms with Gasteiger partial charge >= 0.3 is 0 Å². The lowest BCUT2D eigenvalue weighted by Crippen LogP contribution is -2.43. The van der Waals surface area contributed by atoms with Gasteiger partial charge in [0.25, 0.3) is 5.91 Å². The molecule has 1 atom stereocenters. The molecule has 5 nitrogen and oxygen atoms in total. The third-order valence-corrected chi connectivity index (χ3v) is 4.27. The first-order valence-corrected chi connectivity index (χ1v) is 9.51. The fourth-order valence-corrected chi connectivity index (χ4v) is 2.89. The van der Waals surface area contributed by atoms with E-state index in [4.69, 9.17) is 9.47 Å². The molecule has 0 aliphatic rings. The van der Waals surface area contributed by atoms with Crippen LogP contribution in [-0.2, 0) is 9.53 Å². The predicted octanol–water partition coefficient (Wildman–Crippen LogP) is 4.95. The predicted molar refractivity (Wildman–Crippen MR) is 106 cm³/mol. The molecular weight excluding hydrogens is 328 g/mol. The zero-order chi connectivity index (χ0) is 19.0. The molecule has 2 rings (SSSR count). The Morgan fingerprint density at radius 1 is 1.12 bits per heavy atom. The normalized spacial score (nSPS) is 13.4. The summed E-state index contributed by atoms with van der Waals surface area (Å²) in [6.07, 6.45) is 5.09. The highest BCUT2D eigenvalue weighted by atomic mass is 16.5. The van der Waals surface area contributed by atoms with Crippen molar-refractivity contribution < 1.29 is 14.3 Å². The number of ether oxygens (including phenoxy) is 2. The van der Waals surface area contributed by atoms with Gasteiger partial charge in [0.1, 0.15) is 16.9 Å². The van der Waals surface area contributed by atoms with Gasteiger partial charge in [-0.1, -0.05) is 27.2 Å². The summed E-state index contributed by atoms with van der Waals surface area (Å²) >= 11 is 0. The molecule has 0 aliphatic carbocycles. The van der Waals surface area contributed by atoms with Gasteiger partial charge in [-0.3, -0.25) is 9.78 Å². The van der Waals surface area contributed by atoms with Gasteiger partial charge in [-0.05, 0) is 50.5 Å². The summed E-state index contributed by atoms with van der Waals surface area (Å²) in [6, 6.07) is 7.55. The number of nitrogens with one attached hydrogen (secondary N) is 1. The Morgan fingerprint density at radius 3 is 2.58 bits per heavy atom. The van der Waals surface area contributed by atoms with Crippen LogP contribution >= 0.6 is 0 Å². The fraction of sp³-hybridized carbons (Fsp3) is 0.524. The molecule has 5 heteroatoms. The van der Waals surface area contributed by atoms with E-state index in [1.54, 1.807) is 6.20 Å². The van der Waals surface area contributed by atoms with Crippen LogP contribution in [-0.4, -0.2) is 29.7 Å². The number of anilines is 1. The zero-order valence-corrected chi connectivity index (χ0v) is 16.3. The third kappa shape index (κ3) is 4.73. The first kappa shape index (κ1) is 20.2. The number of carbonyl (C=O) groups is 1. The van der Waals surface area contributed by atoms with Crippen molar-refractivity contribution in [2.24, 2.45) is 0 Å². The van der Waals surface area contributed by atoms with E-state index in [0.29, 0.717) is 19.6 Å². The van der Waals surface area contributed by atoms with Gasteiger partial charge in [-0.2, -0.15) is 0 Å². The lowest BCUT2D eigenvalue weighted by atomic mass is 9.98. The van der Waals surface area contributed by atoms with E-state index >= 15 is 0 Å². The van der Waals surface area contributed by atoms with Crippen LogP contribution in [0.5, 0.6) is 5.75 Å². The lowest BCUT2D eigenvalue weighted by Gasteiger charge is -2.28. The molecule has 0 bridgehead atoms. The van der Waals surface area contributed by atoms with Crippen molar-refractivity contribution in [1.29, 1.82) is 0 Å². The van der Waals surface area contributed by atoms with Gasteiger partial charge in [0.05, 0.1) is 12.3 Å². The Bertz CT molecular complexity index is 732. The fourth-order valence-electron chi connectivity index (χ4n) is 2.89. The summed E-state index contributed by atoms with van der Waals surface area (Å²) in [5.41, 5.74) is 0.645. The van der Waals surface area contributed by atoms with Crippen LogP contribution in [0.15, 0.2) is 30.5 Å². The molecule has 1 aromatic carbocycles. The van der Waals surface area contributed by atoms with Gasteiger partial charge < -0.3 is 14.8 Å². The van der Waals surface area contributed by atoms with Gasteiger partial charge in [0, 0.05) is 18.2 Å². The van der Waals surface area contributed by atoms with Crippen molar-refractivity contribution in [3.63, 3.8) is 0 Å². The monoisotopic (exact) mass is 358 g/mol. The van der Waals surface area contributed by atoms with E-state index < -0.39 is 5.60 Å². The molecule has 0 spiro atoms. The molecule has 1 heterocycles. The summed E-state index contributed by atoms with van der Waals surface area (Å²) in [7, 11) is 0. The maximum absolute atomic E-state index is 12.9. The minimum atomic E-state index is -0.837. The molecule has 0 saturated heterocycles. The van der Waals surface area contributed by atoms with E-state index in [1.165, 1.54) is 0 Å². The Hall–Kier alpha value is -2.14. The van der Waals surface area contributed by atoms with Crippen molar-refractivity contribution in [3.8, 4) is 5.75 Å². The topological polar surface area (TPSA) is 60.5 Å². The number of hydrogen-bond donors (Lipinski definition) is 1. The summed E-state index contributed by atoms with van der Waals surface area (Å²) in [5, 5.41) is 3.91. The second-order valence-corrected chi connectivity index (χ2v) is 6.64. The number of carbonyl (C=O) groups excluding carboxylic acids is 1. The minimum absolute atomic E-state index is 0.125. The molecule has 142 valence electrons. The van der Waals surface area contributed by atoms with Crippen LogP contribution in [0, 0.1) is 0 Å². The van der Waals surface area contributed by atoms with Crippen LogP contribution in [0.25, 0.3) is 10.9 Å². The lowest BCUT2D eigenvalue weighted by molar-refractivity contribution is -0.140. The van der Waals surface area contributed by atoms with Crippen molar-refractivity contribution in [1.82, 2.24) is 4.98 Å². The van der Waals surface area contributed by atoms with Crippen molar-refractivity contribution in [2.45, 2.75) is 59.0 Å². The Kier molecular flexibility index (Phi) is 7.39. The van der Waals surface area contributed by atoms with E-state index in [2.05, 4.69) is 24.1 Å². The summed E-state index contributed by atoms with van der Waals surface area (Å²) in [6.45, 7) is 9.22. The number of pyridine rings is 1. The Labute approximate surface area is 156 Å². The number of rotatable bonds is 10. The number of hydrogen-bond acceptors (Lipinski definition) is 4. The summed E-state index contributed by atoms with van der Waals surface area (Å²) < 4.78 is 11.7. The molecule has 1 aromatic heterocycles. The van der Waals surface area contributed by atoms with Gasteiger partial charge in [0.15, 0.2) is 0 Å². The maximum atomic E-state index is 12.9. The molecule has 0 saturated carbocycles. The number of fused-ring (bicyclic) bond motifs is 1. The molecule has 0 radical (unpaired) electrons. The molecule has 0 fully saturated rings.